The lowest BCUT2D eigenvalue weighted by Gasteiger charge is -2.24. The molecule has 3 aromatic rings. The summed E-state index contributed by atoms with van der Waals surface area (Å²) < 4.78 is 0. The van der Waals surface area contributed by atoms with E-state index in [0.29, 0.717) is 6.42 Å². The molecule has 0 spiro atoms. The summed E-state index contributed by atoms with van der Waals surface area (Å²) in [4.78, 5) is 25.5. The number of aliphatic hydroxyl groups is 2. The second-order valence-corrected chi connectivity index (χ2v) is 9.76. The van der Waals surface area contributed by atoms with Crippen molar-refractivity contribution in [1.29, 1.82) is 0 Å². The van der Waals surface area contributed by atoms with Gasteiger partial charge in [0, 0.05) is 12.5 Å². The monoisotopic (exact) mass is 531 g/mol. The van der Waals surface area contributed by atoms with Gasteiger partial charge in [-0.3, -0.25) is 9.59 Å². The first-order valence-electron chi connectivity index (χ1n) is 13.0. The first kappa shape index (κ1) is 29.6. The quantitative estimate of drug-likeness (QED) is 0.175. The van der Waals surface area contributed by atoms with Crippen molar-refractivity contribution in [3.05, 3.63) is 114 Å². The van der Waals surface area contributed by atoms with E-state index in [1.807, 2.05) is 60.7 Å². The van der Waals surface area contributed by atoms with Crippen molar-refractivity contribution in [2.45, 2.75) is 50.0 Å². The third kappa shape index (κ3) is 10.0. The Hall–Kier alpha value is -3.98. The van der Waals surface area contributed by atoms with Gasteiger partial charge in [-0.05, 0) is 48.1 Å². The number of nitrogens with two attached hydrogens (primary N) is 2. The van der Waals surface area contributed by atoms with Crippen LogP contribution in [0.2, 0.25) is 0 Å². The zero-order valence-corrected chi connectivity index (χ0v) is 21.8. The number of hydrogen-bond acceptors (Lipinski definition) is 6. The van der Waals surface area contributed by atoms with Crippen LogP contribution in [0.25, 0.3) is 0 Å². The van der Waals surface area contributed by atoms with Gasteiger partial charge in [-0.1, -0.05) is 84.9 Å². The van der Waals surface area contributed by atoms with Crippen molar-refractivity contribution in [3.8, 4) is 5.75 Å². The van der Waals surface area contributed by atoms with Crippen LogP contribution in [0.5, 0.6) is 5.75 Å². The Morgan fingerprint density at radius 1 is 0.769 bits per heavy atom. The molecule has 0 unspecified atom stereocenters. The van der Waals surface area contributed by atoms with Crippen LogP contribution >= 0.6 is 0 Å². The number of benzene rings is 3. The lowest BCUT2D eigenvalue weighted by Crippen LogP contribution is -2.50. The van der Waals surface area contributed by atoms with Crippen LogP contribution in [0.3, 0.4) is 0 Å². The summed E-state index contributed by atoms with van der Waals surface area (Å²) in [6.45, 7) is 0. The van der Waals surface area contributed by atoms with Gasteiger partial charge in [0.25, 0.3) is 0 Å². The topological polar surface area (TPSA) is 159 Å². The molecule has 2 amide bonds. The average molecular weight is 532 g/mol. The summed E-state index contributed by atoms with van der Waals surface area (Å²) in [5.74, 6) is -1.96. The number of hydrogen-bond donors (Lipinski definition) is 6. The molecular formula is C31H37N3O5. The standard InChI is InChI=1S/C31H37N3O5/c32-24(17-23-11-13-25(35)14-12-23)20-26(36)15-16-29(37)27(18-21-7-3-1-4-8-21)31(39)34-28(30(33)38)19-22-9-5-2-6-10-22/h1-16,24,26-29,35-37H,17-20,32H2,(H2,33,38)(H,34,39)/b16-15+/t24-,26-,27+,28-,29+/m0/s1. The number of aromatic hydroxyl groups is 1. The fourth-order valence-corrected chi connectivity index (χ4v) is 4.37. The van der Waals surface area contributed by atoms with Crippen LogP contribution in [-0.2, 0) is 28.9 Å². The van der Waals surface area contributed by atoms with Gasteiger partial charge in [-0.15, -0.1) is 0 Å². The molecule has 5 atom stereocenters. The normalized spacial score (nSPS) is 15.3. The molecule has 8 heteroatoms. The molecular weight excluding hydrogens is 494 g/mol. The van der Waals surface area contributed by atoms with Crippen molar-refractivity contribution in [2.24, 2.45) is 17.4 Å². The van der Waals surface area contributed by atoms with E-state index in [0.717, 1.165) is 16.7 Å². The van der Waals surface area contributed by atoms with Gasteiger partial charge in [-0.25, -0.2) is 0 Å². The molecule has 8 N–H and O–H groups in total. The zero-order valence-electron chi connectivity index (χ0n) is 21.8. The first-order valence-corrected chi connectivity index (χ1v) is 13.0. The molecule has 0 aliphatic rings. The van der Waals surface area contributed by atoms with Crippen LogP contribution in [0.1, 0.15) is 23.1 Å². The third-order valence-electron chi connectivity index (χ3n) is 6.50. The van der Waals surface area contributed by atoms with Crippen LogP contribution < -0.4 is 16.8 Å². The van der Waals surface area contributed by atoms with Crippen molar-refractivity contribution in [2.75, 3.05) is 0 Å². The van der Waals surface area contributed by atoms with Crippen LogP contribution in [0.4, 0.5) is 0 Å². The van der Waals surface area contributed by atoms with E-state index < -0.39 is 36.0 Å². The molecule has 0 fully saturated rings. The highest BCUT2D eigenvalue weighted by Gasteiger charge is 2.29. The van der Waals surface area contributed by atoms with E-state index in [2.05, 4.69) is 5.32 Å². The summed E-state index contributed by atoms with van der Waals surface area (Å²) in [6.07, 6.45) is 1.82. The molecule has 0 aromatic heterocycles. The first-order chi connectivity index (χ1) is 18.7. The van der Waals surface area contributed by atoms with Gasteiger partial charge < -0.3 is 32.1 Å². The van der Waals surface area contributed by atoms with E-state index in [1.54, 1.807) is 24.3 Å². The average Bonchev–Trinajstić information content (AvgIpc) is 2.92. The fourth-order valence-electron chi connectivity index (χ4n) is 4.37. The summed E-state index contributed by atoms with van der Waals surface area (Å²) in [7, 11) is 0. The highest BCUT2D eigenvalue weighted by molar-refractivity contribution is 5.88. The maximum absolute atomic E-state index is 13.3. The Kier molecular flexibility index (Phi) is 11.2. The van der Waals surface area contributed by atoms with Gasteiger partial charge >= 0.3 is 0 Å². The Bertz CT molecular complexity index is 1200. The number of carbonyl (C=O) groups is 2. The maximum atomic E-state index is 13.3. The van der Waals surface area contributed by atoms with Crippen molar-refractivity contribution in [1.82, 2.24) is 5.32 Å². The molecule has 0 aliphatic heterocycles. The van der Waals surface area contributed by atoms with Crippen LogP contribution in [0.15, 0.2) is 97.1 Å². The number of rotatable bonds is 14. The minimum absolute atomic E-state index is 0.167. The van der Waals surface area contributed by atoms with Gasteiger partial charge in [0.15, 0.2) is 0 Å². The van der Waals surface area contributed by atoms with Crippen molar-refractivity contribution in [3.63, 3.8) is 0 Å². The zero-order chi connectivity index (χ0) is 28.2. The predicted molar refractivity (Wildman–Crippen MR) is 150 cm³/mol. The molecule has 3 aromatic carbocycles. The SMILES string of the molecule is NC(=O)[C@H](Cc1ccccc1)NC(=O)[C@H](Cc1ccccc1)[C@H](O)/C=C/[C@H](O)C[C@@H](N)Cc1ccc(O)cc1. The highest BCUT2D eigenvalue weighted by Crippen LogP contribution is 2.17. The van der Waals surface area contributed by atoms with E-state index in [9.17, 15) is 24.9 Å². The second kappa shape index (κ2) is 14.8. The molecule has 3 rings (SSSR count). The molecule has 0 saturated heterocycles. The highest BCUT2D eigenvalue weighted by atomic mass is 16.3. The number of amides is 2. The van der Waals surface area contributed by atoms with Crippen molar-refractivity contribution < 1.29 is 24.9 Å². The number of carbonyl (C=O) groups excluding carboxylic acids is 2. The number of primary amides is 1. The van der Waals surface area contributed by atoms with Gasteiger partial charge in [0.1, 0.15) is 11.8 Å². The van der Waals surface area contributed by atoms with E-state index in [-0.39, 0.29) is 31.1 Å². The summed E-state index contributed by atoms with van der Waals surface area (Å²) >= 11 is 0. The minimum atomic E-state index is -1.24. The van der Waals surface area contributed by atoms with E-state index >= 15 is 0 Å². The molecule has 0 radical (unpaired) electrons. The van der Waals surface area contributed by atoms with E-state index in [4.69, 9.17) is 11.5 Å². The van der Waals surface area contributed by atoms with Gasteiger partial charge in [0.05, 0.1) is 18.1 Å². The number of nitrogens with one attached hydrogen (secondary N) is 1. The Morgan fingerprint density at radius 3 is 1.87 bits per heavy atom. The number of phenolic OH excluding ortho intramolecular Hbond substituents is 1. The molecule has 0 saturated carbocycles. The van der Waals surface area contributed by atoms with Crippen LogP contribution in [-0.4, -0.2) is 51.4 Å². The van der Waals surface area contributed by atoms with Crippen LogP contribution in [0, 0.1) is 5.92 Å². The van der Waals surface area contributed by atoms with Gasteiger partial charge in [0.2, 0.25) is 11.8 Å². The molecule has 8 nitrogen and oxygen atoms in total. The molecule has 0 aliphatic carbocycles. The molecule has 39 heavy (non-hydrogen) atoms. The second-order valence-electron chi connectivity index (χ2n) is 9.76. The Morgan fingerprint density at radius 2 is 1.31 bits per heavy atom. The lowest BCUT2D eigenvalue weighted by molar-refractivity contribution is -0.131. The van der Waals surface area contributed by atoms with Crippen molar-refractivity contribution >= 4 is 11.8 Å². The molecule has 206 valence electrons. The number of phenols is 1. The predicted octanol–water partition coefficient (Wildman–Crippen LogP) is 2.00. The summed E-state index contributed by atoms with van der Waals surface area (Å²) in [5, 5.41) is 33.6. The smallest absolute Gasteiger partial charge is 0.240 e. The van der Waals surface area contributed by atoms with Gasteiger partial charge in [-0.2, -0.15) is 0 Å². The third-order valence-corrected chi connectivity index (χ3v) is 6.50. The minimum Gasteiger partial charge on any atom is -0.508 e. The fraction of sp³-hybridized carbons (Fsp3) is 0.290. The summed E-state index contributed by atoms with van der Waals surface area (Å²) in [6, 6.07) is 23.8. The maximum Gasteiger partial charge on any atom is 0.240 e. The molecule has 0 bridgehead atoms. The number of aliphatic hydroxyl groups excluding tert-OH is 2. The lowest BCUT2D eigenvalue weighted by atomic mass is 9.91. The van der Waals surface area contributed by atoms with E-state index in [1.165, 1.54) is 12.2 Å². The Labute approximate surface area is 229 Å². The Balaban J connectivity index is 1.67. The largest absolute Gasteiger partial charge is 0.508 e. The molecule has 0 heterocycles. The summed E-state index contributed by atoms with van der Waals surface area (Å²) in [5.41, 5.74) is 14.4.